The Hall–Kier alpha value is -2.11. The molecule has 0 saturated heterocycles. The molecule has 3 N–H and O–H groups in total. The number of hydrogen-bond acceptors (Lipinski definition) is 4. The molecule has 5 nitrogen and oxygen atoms in total. The van der Waals surface area contributed by atoms with Crippen LogP contribution in [0.3, 0.4) is 0 Å². The van der Waals surface area contributed by atoms with Crippen LogP contribution in [-0.2, 0) is 9.53 Å². The molecule has 0 aliphatic heterocycles. The van der Waals surface area contributed by atoms with Gasteiger partial charge in [0.2, 0.25) is 0 Å². The van der Waals surface area contributed by atoms with Crippen LogP contribution in [0.1, 0.15) is 37.6 Å². The number of anilines is 1. The molecule has 0 unspecified atom stereocenters. The Morgan fingerprint density at radius 1 is 1.40 bits per heavy atom. The molecule has 110 valence electrons. The topological polar surface area (TPSA) is 81.4 Å². The summed E-state index contributed by atoms with van der Waals surface area (Å²) in [5.74, 6) is -2.09. The highest BCUT2D eigenvalue weighted by molar-refractivity contribution is 5.92. The molecule has 0 heterocycles. The fraction of sp³-hybridized carbons (Fsp3) is 0.429. The Morgan fingerprint density at radius 3 is 2.65 bits per heavy atom. The number of rotatable bonds is 5. The number of amides is 1. The molecule has 6 heteroatoms. The molecule has 1 aromatic carbocycles. The number of halogens is 1. The lowest BCUT2D eigenvalue weighted by Gasteiger charge is -2.24. The van der Waals surface area contributed by atoms with Crippen molar-refractivity contribution in [2.75, 3.05) is 12.3 Å². The molecule has 1 rings (SSSR count). The van der Waals surface area contributed by atoms with Gasteiger partial charge in [-0.1, -0.05) is 6.92 Å². The summed E-state index contributed by atoms with van der Waals surface area (Å²) in [6.07, 6.45) is 0.733. The summed E-state index contributed by atoms with van der Waals surface area (Å²) >= 11 is 0. The lowest BCUT2D eigenvalue weighted by molar-refractivity contribution is -0.125. The first-order valence-corrected chi connectivity index (χ1v) is 6.28. The summed E-state index contributed by atoms with van der Waals surface area (Å²) < 4.78 is 18.2. The lowest BCUT2D eigenvalue weighted by Crippen LogP contribution is -2.44. The van der Waals surface area contributed by atoms with E-state index < -0.39 is 24.3 Å². The predicted molar refractivity (Wildman–Crippen MR) is 73.6 cm³/mol. The van der Waals surface area contributed by atoms with Crippen molar-refractivity contribution in [3.05, 3.63) is 29.6 Å². The number of nitrogens with two attached hydrogens (primary N) is 1. The van der Waals surface area contributed by atoms with Crippen molar-refractivity contribution >= 4 is 17.6 Å². The van der Waals surface area contributed by atoms with Crippen molar-refractivity contribution < 1.29 is 18.7 Å². The second-order valence-electron chi connectivity index (χ2n) is 5.10. The van der Waals surface area contributed by atoms with E-state index in [2.05, 4.69) is 5.32 Å². The van der Waals surface area contributed by atoms with Crippen LogP contribution < -0.4 is 11.1 Å². The van der Waals surface area contributed by atoms with Gasteiger partial charge in [0.05, 0.1) is 5.56 Å². The van der Waals surface area contributed by atoms with Crippen molar-refractivity contribution in [2.45, 2.75) is 32.7 Å². The van der Waals surface area contributed by atoms with E-state index in [1.807, 2.05) is 20.8 Å². The van der Waals surface area contributed by atoms with Crippen LogP contribution >= 0.6 is 0 Å². The van der Waals surface area contributed by atoms with Gasteiger partial charge in [-0.15, -0.1) is 0 Å². The SMILES string of the molecule is CCC(C)(C)NC(=O)COC(=O)c1cc(N)ccc1F. The second-order valence-corrected chi connectivity index (χ2v) is 5.10. The summed E-state index contributed by atoms with van der Waals surface area (Å²) in [4.78, 5) is 23.3. The Balaban J connectivity index is 2.60. The van der Waals surface area contributed by atoms with Crippen molar-refractivity contribution in [3.63, 3.8) is 0 Å². The minimum absolute atomic E-state index is 0.245. The third-order valence-electron chi connectivity index (χ3n) is 2.91. The first-order valence-electron chi connectivity index (χ1n) is 6.28. The van der Waals surface area contributed by atoms with E-state index in [1.54, 1.807) is 0 Å². The van der Waals surface area contributed by atoms with Crippen LogP contribution in [0.2, 0.25) is 0 Å². The molecule has 0 aromatic heterocycles. The minimum atomic E-state index is -0.917. The number of hydrogen-bond donors (Lipinski definition) is 2. The molecule has 0 aliphatic rings. The van der Waals surface area contributed by atoms with Gasteiger partial charge in [0.1, 0.15) is 5.82 Å². The van der Waals surface area contributed by atoms with Crippen LogP contribution in [0.5, 0.6) is 0 Å². The first kappa shape index (κ1) is 15.9. The zero-order valence-electron chi connectivity index (χ0n) is 11.8. The molecule has 0 aliphatic carbocycles. The van der Waals surface area contributed by atoms with Crippen molar-refractivity contribution in [3.8, 4) is 0 Å². The van der Waals surface area contributed by atoms with Gasteiger partial charge >= 0.3 is 5.97 Å². The van der Waals surface area contributed by atoms with Crippen LogP contribution in [0, 0.1) is 5.82 Å². The van der Waals surface area contributed by atoms with Gasteiger partial charge < -0.3 is 15.8 Å². The summed E-state index contributed by atoms with van der Waals surface area (Å²) in [7, 11) is 0. The number of carbonyl (C=O) groups is 2. The molecule has 1 aromatic rings. The zero-order chi connectivity index (χ0) is 15.3. The molecular weight excluding hydrogens is 263 g/mol. The van der Waals surface area contributed by atoms with Crippen molar-refractivity contribution in [2.24, 2.45) is 0 Å². The van der Waals surface area contributed by atoms with E-state index in [0.29, 0.717) is 0 Å². The smallest absolute Gasteiger partial charge is 0.341 e. The molecule has 0 spiro atoms. The van der Waals surface area contributed by atoms with Crippen LogP contribution in [0.15, 0.2) is 18.2 Å². The molecular formula is C14H19FN2O3. The van der Waals surface area contributed by atoms with E-state index in [1.165, 1.54) is 12.1 Å². The van der Waals surface area contributed by atoms with Gasteiger partial charge in [-0.2, -0.15) is 0 Å². The Bertz CT molecular complexity index is 515. The molecule has 0 fully saturated rings. The number of esters is 1. The third-order valence-corrected chi connectivity index (χ3v) is 2.91. The van der Waals surface area contributed by atoms with Gasteiger partial charge in [0.15, 0.2) is 6.61 Å². The quantitative estimate of drug-likeness (QED) is 0.638. The fourth-order valence-electron chi connectivity index (χ4n) is 1.41. The summed E-state index contributed by atoms with van der Waals surface area (Å²) in [6.45, 7) is 5.17. The van der Waals surface area contributed by atoms with Crippen LogP contribution in [-0.4, -0.2) is 24.0 Å². The van der Waals surface area contributed by atoms with E-state index in [9.17, 15) is 14.0 Å². The number of ether oxygens (including phenoxy) is 1. The van der Waals surface area contributed by atoms with Gasteiger partial charge in [-0.25, -0.2) is 9.18 Å². The number of nitrogen functional groups attached to an aromatic ring is 1. The lowest BCUT2D eigenvalue weighted by atomic mass is 10.0. The maximum Gasteiger partial charge on any atom is 0.341 e. The Morgan fingerprint density at radius 2 is 2.05 bits per heavy atom. The molecule has 20 heavy (non-hydrogen) atoms. The Labute approximate surface area is 117 Å². The minimum Gasteiger partial charge on any atom is -0.452 e. The normalized spacial score (nSPS) is 11.0. The monoisotopic (exact) mass is 282 g/mol. The van der Waals surface area contributed by atoms with E-state index in [4.69, 9.17) is 10.5 Å². The molecule has 0 radical (unpaired) electrons. The van der Waals surface area contributed by atoms with E-state index in [0.717, 1.165) is 12.5 Å². The third kappa shape index (κ3) is 4.53. The summed E-state index contributed by atoms with van der Waals surface area (Å²) in [5.41, 5.74) is 5.05. The van der Waals surface area contributed by atoms with Crippen LogP contribution in [0.25, 0.3) is 0 Å². The average Bonchev–Trinajstić information content (AvgIpc) is 2.38. The summed E-state index contributed by atoms with van der Waals surface area (Å²) in [5, 5.41) is 2.70. The van der Waals surface area contributed by atoms with Gasteiger partial charge in [-0.05, 0) is 38.5 Å². The average molecular weight is 282 g/mol. The van der Waals surface area contributed by atoms with E-state index in [-0.39, 0.29) is 16.8 Å². The number of carbonyl (C=O) groups excluding carboxylic acids is 2. The first-order chi connectivity index (χ1) is 9.25. The van der Waals surface area contributed by atoms with Crippen molar-refractivity contribution in [1.29, 1.82) is 0 Å². The number of benzene rings is 1. The zero-order valence-corrected chi connectivity index (χ0v) is 11.8. The Kier molecular flexibility index (Phi) is 5.07. The molecule has 0 bridgehead atoms. The van der Waals surface area contributed by atoms with E-state index >= 15 is 0 Å². The highest BCUT2D eigenvalue weighted by Gasteiger charge is 2.20. The highest BCUT2D eigenvalue weighted by atomic mass is 19.1. The maximum atomic E-state index is 13.4. The second kappa shape index (κ2) is 6.36. The highest BCUT2D eigenvalue weighted by Crippen LogP contribution is 2.13. The fourth-order valence-corrected chi connectivity index (χ4v) is 1.41. The molecule has 1 amide bonds. The molecule has 0 saturated carbocycles. The number of nitrogens with one attached hydrogen (secondary N) is 1. The maximum absolute atomic E-state index is 13.4. The predicted octanol–water partition coefficient (Wildman–Crippen LogP) is 1.87. The van der Waals surface area contributed by atoms with Gasteiger partial charge in [0, 0.05) is 11.2 Å². The summed E-state index contributed by atoms with van der Waals surface area (Å²) in [6, 6.07) is 3.58. The van der Waals surface area contributed by atoms with Crippen LogP contribution in [0.4, 0.5) is 10.1 Å². The van der Waals surface area contributed by atoms with Gasteiger partial charge in [0.25, 0.3) is 5.91 Å². The largest absolute Gasteiger partial charge is 0.452 e. The molecule has 0 atom stereocenters. The van der Waals surface area contributed by atoms with Gasteiger partial charge in [-0.3, -0.25) is 4.79 Å². The van der Waals surface area contributed by atoms with Crippen molar-refractivity contribution in [1.82, 2.24) is 5.32 Å². The standard InChI is InChI=1S/C14H19FN2O3/c1-4-14(2,3)17-12(18)8-20-13(19)10-7-9(16)5-6-11(10)15/h5-7H,4,8,16H2,1-3H3,(H,17,18).